The highest BCUT2D eigenvalue weighted by molar-refractivity contribution is 6.51. The van der Waals surface area contributed by atoms with E-state index in [-0.39, 0.29) is 11.3 Å². The number of carbonyl (C=O) groups is 2. The van der Waals surface area contributed by atoms with Crippen LogP contribution in [-0.4, -0.2) is 21.8 Å². The lowest BCUT2D eigenvalue weighted by molar-refractivity contribution is -0.132. The van der Waals surface area contributed by atoms with Gasteiger partial charge in [0.05, 0.1) is 11.3 Å². The maximum absolute atomic E-state index is 13.3. The van der Waals surface area contributed by atoms with Crippen LogP contribution in [-0.2, 0) is 22.4 Å². The number of fused-ring (bicyclic) bond motifs is 1. The summed E-state index contributed by atoms with van der Waals surface area (Å²) in [4.78, 5) is 32.5. The predicted molar refractivity (Wildman–Crippen MR) is 128 cm³/mol. The van der Waals surface area contributed by atoms with E-state index in [0.717, 1.165) is 30.4 Å². The molecule has 1 atom stereocenters. The molecule has 0 bridgehead atoms. The first-order valence-corrected chi connectivity index (χ1v) is 11.4. The molecule has 2 aliphatic rings. The summed E-state index contributed by atoms with van der Waals surface area (Å²) in [7, 11) is 0. The Kier molecular flexibility index (Phi) is 5.33. The number of Topliss-reactive ketones (excluding diaryl/α,β-unsaturated/α-hetero) is 1. The van der Waals surface area contributed by atoms with E-state index in [0.29, 0.717) is 16.9 Å². The van der Waals surface area contributed by atoms with Crippen LogP contribution >= 0.6 is 0 Å². The average Bonchev–Trinajstić information content (AvgIpc) is 3.11. The second-order valence-corrected chi connectivity index (χ2v) is 8.88. The lowest BCUT2D eigenvalue weighted by Gasteiger charge is -2.25. The van der Waals surface area contributed by atoms with Crippen LogP contribution in [0.3, 0.4) is 0 Å². The quantitative estimate of drug-likeness (QED) is 0.346. The normalized spacial score (nSPS) is 19.6. The molecule has 1 fully saturated rings. The smallest absolute Gasteiger partial charge is 0.300 e. The van der Waals surface area contributed by atoms with E-state index in [9.17, 15) is 14.7 Å². The van der Waals surface area contributed by atoms with E-state index in [1.165, 1.54) is 22.4 Å². The number of hydrogen-bond acceptors (Lipinski definition) is 4. The lowest BCUT2D eigenvalue weighted by Crippen LogP contribution is -2.29. The minimum absolute atomic E-state index is 0.0766. The van der Waals surface area contributed by atoms with Gasteiger partial charge in [0.2, 0.25) is 0 Å². The number of carbonyl (C=O) groups excluding carboxylic acids is 2. The molecule has 0 radical (unpaired) electrons. The number of pyridine rings is 1. The summed E-state index contributed by atoms with van der Waals surface area (Å²) >= 11 is 0. The maximum Gasteiger partial charge on any atom is 0.300 e. The summed E-state index contributed by atoms with van der Waals surface area (Å²) in [6.07, 6.45) is 5.90. The summed E-state index contributed by atoms with van der Waals surface area (Å²) in [5, 5.41) is 11.4. The molecule has 1 unspecified atom stereocenters. The van der Waals surface area contributed by atoms with Crippen LogP contribution < -0.4 is 4.90 Å². The second kappa shape index (κ2) is 8.32. The van der Waals surface area contributed by atoms with E-state index >= 15 is 0 Å². The first kappa shape index (κ1) is 21.1. The molecule has 1 aromatic heterocycles. The summed E-state index contributed by atoms with van der Waals surface area (Å²) in [6, 6.07) is 16.1. The number of aliphatic hydroxyl groups excluding tert-OH is 1. The van der Waals surface area contributed by atoms with E-state index in [1.807, 2.05) is 56.3 Å². The summed E-state index contributed by atoms with van der Waals surface area (Å²) in [6.45, 7) is 3.97. The molecule has 2 aromatic carbocycles. The molecule has 5 heteroatoms. The molecular formula is C28H26N2O3. The van der Waals surface area contributed by atoms with Crippen LogP contribution in [0.5, 0.6) is 0 Å². The van der Waals surface area contributed by atoms with Gasteiger partial charge in [-0.3, -0.25) is 19.5 Å². The predicted octanol–water partition coefficient (Wildman–Crippen LogP) is 5.20. The van der Waals surface area contributed by atoms with Crippen molar-refractivity contribution < 1.29 is 14.7 Å². The van der Waals surface area contributed by atoms with Crippen LogP contribution in [0.2, 0.25) is 0 Å². The van der Waals surface area contributed by atoms with Gasteiger partial charge >= 0.3 is 0 Å². The minimum atomic E-state index is -0.802. The van der Waals surface area contributed by atoms with Crippen molar-refractivity contribution in [2.45, 2.75) is 45.6 Å². The Morgan fingerprint density at radius 2 is 1.73 bits per heavy atom. The molecule has 166 valence electrons. The van der Waals surface area contributed by atoms with Gasteiger partial charge in [-0.15, -0.1) is 0 Å². The van der Waals surface area contributed by atoms with Crippen molar-refractivity contribution in [2.24, 2.45) is 0 Å². The highest BCUT2D eigenvalue weighted by atomic mass is 16.3. The lowest BCUT2D eigenvalue weighted by atomic mass is 9.89. The van der Waals surface area contributed by atoms with Gasteiger partial charge in [0, 0.05) is 17.4 Å². The van der Waals surface area contributed by atoms with Crippen LogP contribution in [0.1, 0.15) is 52.4 Å². The third-order valence-corrected chi connectivity index (χ3v) is 6.80. The van der Waals surface area contributed by atoms with Crippen LogP contribution in [0.25, 0.3) is 5.76 Å². The molecule has 3 aromatic rings. The highest BCUT2D eigenvalue weighted by Crippen LogP contribution is 2.42. The number of amides is 1. The largest absolute Gasteiger partial charge is 0.507 e. The van der Waals surface area contributed by atoms with Crippen molar-refractivity contribution in [3.05, 3.63) is 99.9 Å². The second-order valence-electron chi connectivity index (χ2n) is 8.88. The number of nitrogens with zero attached hydrogens (tertiary/aromatic N) is 2. The Hall–Kier alpha value is -3.73. The van der Waals surface area contributed by atoms with Gasteiger partial charge in [-0.05, 0) is 92.1 Å². The van der Waals surface area contributed by atoms with Crippen LogP contribution in [0, 0.1) is 13.8 Å². The van der Waals surface area contributed by atoms with Gasteiger partial charge < -0.3 is 5.11 Å². The van der Waals surface area contributed by atoms with Crippen molar-refractivity contribution >= 4 is 23.1 Å². The molecular weight excluding hydrogens is 412 g/mol. The Labute approximate surface area is 193 Å². The van der Waals surface area contributed by atoms with E-state index < -0.39 is 17.7 Å². The van der Waals surface area contributed by atoms with Crippen molar-refractivity contribution in [3.63, 3.8) is 0 Å². The average molecular weight is 439 g/mol. The van der Waals surface area contributed by atoms with E-state index in [2.05, 4.69) is 4.98 Å². The number of anilines is 1. The molecule has 33 heavy (non-hydrogen) atoms. The Morgan fingerprint density at radius 1 is 0.939 bits per heavy atom. The number of rotatable bonds is 3. The third kappa shape index (κ3) is 3.63. The first-order valence-electron chi connectivity index (χ1n) is 11.4. The van der Waals surface area contributed by atoms with Gasteiger partial charge in [-0.25, -0.2) is 0 Å². The number of aromatic nitrogens is 1. The third-order valence-electron chi connectivity index (χ3n) is 6.80. The molecule has 1 amide bonds. The molecule has 1 aliphatic carbocycles. The number of hydrogen-bond donors (Lipinski definition) is 1. The maximum atomic E-state index is 13.3. The number of ketones is 1. The van der Waals surface area contributed by atoms with Gasteiger partial charge in [0.25, 0.3) is 11.7 Å². The topological polar surface area (TPSA) is 70.5 Å². The molecule has 5 rings (SSSR count). The zero-order valence-electron chi connectivity index (χ0n) is 18.8. The van der Waals surface area contributed by atoms with Crippen molar-refractivity contribution in [1.29, 1.82) is 0 Å². The molecule has 0 spiro atoms. The van der Waals surface area contributed by atoms with Gasteiger partial charge in [0.1, 0.15) is 11.8 Å². The monoisotopic (exact) mass is 438 g/mol. The van der Waals surface area contributed by atoms with Crippen molar-refractivity contribution in [2.75, 3.05) is 4.90 Å². The van der Waals surface area contributed by atoms with E-state index in [1.54, 1.807) is 18.3 Å². The number of aliphatic hydroxyl groups is 1. The Morgan fingerprint density at radius 3 is 2.45 bits per heavy atom. The molecule has 0 saturated carbocycles. The van der Waals surface area contributed by atoms with Gasteiger partial charge in [-0.2, -0.15) is 0 Å². The van der Waals surface area contributed by atoms with Crippen molar-refractivity contribution in [1.82, 2.24) is 4.98 Å². The molecule has 1 saturated heterocycles. The summed E-state index contributed by atoms with van der Waals surface area (Å²) in [5.74, 6) is -1.50. The Bertz CT molecular complexity index is 1290. The SMILES string of the molecule is Cc1ccc(N2C(=O)C(=O)/C(=C(\O)c3ccc4c(c3)CCCC4)C2c2ccccn2)cc1C. The summed E-state index contributed by atoms with van der Waals surface area (Å²) in [5.41, 5.74) is 6.39. The minimum Gasteiger partial charge on any atom is -0.507 e. The first-order chi connectivity index (χ1) is 16.0. The summed E-state index contributed by atoms with van der Waals surface area (Å²) < 4.78 is 0. The fourth-order valence-electron chi connectivity index (χ4n) is 4.83. The van der Waals surface area contributed by atoms with E-state index in [4.69, 9.17) is 0 Å². The number of aryl methyl sites for hydroxylation is 4. The van der Waals surface area contributed by atoms with Crippen molar-refractivity contribution in [3.8, 4) is 0 Å². The highest BCUT2D eigenvalue weighted by Gasteiger charge is 2.47. The molecule has 5 nitrogen and oxygen atoms in total. The standard InChI is InChI=1S/C28H26N2O3/c1-17-10-13-22(15-18(17)2)30-25(23-9-5-6-14-29-23)24(27(32)28(30)33)26(31)21-12-11-19-7-3-4-8-20(19)16-21/h5-6,9-16,25,31H,3-4,7-8H2,1-2H3/b26-24-. The zero-order valence-corrected chi connectivity index (χ0v) is 18.8. The van der Waals surface area contributed by atoms with Crippen LogP contribution in [0.4, 0.5) is 5.69 Å². The molecule has 1 aliphatic heterocycles. The van der Waals surface area contributed by atoms with Crippen LogP contribution in [0.15, 0.2) is 66.4 Å². The molecule has 2 heterocycles. The van der Waals surface area contributed by atoms with Gasteiger partial charge in [-0.1, -0.05) is 24.3 Å². The number of benzene rings is 2. The van der Waals surface area contributed by atoms with Gasteiger partial charge in [0.15, 0.2) is 0 Å². The fraction of sp³-hybridized carbons (Fsp3) is 0.250. The fourth-order valence-corrected chi connectivity index (χ4v) is 4.83. The Balaban J connectivity index is 1.69. The molecule has 1 N–H and O–H groups in total. The zero-order chi connectivity index (χ0) is 23.1.